The van der Waals surface area contributed by atoms with Gasteiger partial charge in [0.25, 0.3) is 0 Å². The van der Waals surface area contributed by atoms with Crippen molar-refractivity contribution in [1.82, 2.24) is 0 Å². The summed E-state index contributed by atoms with van der Waals surface area (Å²) >= 11 is 6.13. The molecule has 0 aromatic heterocycles. The van der Waals surface area contributed by atoms with Gasteiger partial charge in [0.1, 0.15) is 12.4 Å². The molecule has 0 heterocycles. The number of methoxy groups -OCH3 is 1. The highest BCUT2D eigenvalue weighted by Gasteiger charge is 2.08. The molecule has 0 fully saturated rings. The normalized spacial score (nSPS) is 10.0. The monoisotopic (exact) mass is 305 g/mol. The van der Waals surface area contributed by atoms with E-state index in [2.05, 4.69) is 10.1 Å². The molecule has 0 bridgehead atoms. The van der Waals surface area contributed by atoms with Crippen molar-refractivity contribution in [3.05, 3.63) is 58.6 Å². The number of nitrogens with one attached hydrogen (secondary N) is 1. The maximum Gasteiger partial charge on any atom is 0.411 e. The Kier molecular flexibility index (Phi) is 5.06. The fourth-order valence-electron chi connectivity index (χ4n) is 1.81. The average molecular weight is 306 g/mol. The molecule has 0 aliphatic rings. The van der Waals surface area contributed by atoms with E-state index in [0.29, 0.717) is 23.1 Å². The van der Waals surface area contributed by atoms with Gasteiger partial charge in [0.2, 0.25) is 0 Å². The Balaban J connectivity index is 2.11. The predicted molar refractivity (Wildman–Crippen MR) is 83.0 cm³/mol. The summed E-state index contributed by atoms with van der Waals surface area (Å²) in [5.41, 5.74) is 2.55. The van der Waals surface area contributed by atoms with Crippen LogP contribution in [0.3, 0.4) is 0 Å². The van der Waals surface area contributed by atoms with Gasteiger partial charge in [-0.1, -0.05) is 35.9 Å². The van der Waals surface area contributed by atoms with Gasteiger partial charge in [-0.05, 0) is 30.7 Å². The first-order chi connectivity index (χ1) is 10.1. The largest absolute Gasteiger partial charge is 0.487 e. The standard InChI is InChI=1S/C16H16ClNO3/c1-11-7-8-15(13(17)9-11)21-10-12-5-3-4-6-14(12)18-16(19)20-2/h3-9H,10H2,1-2H3,(H,18,19). The summed E-state index contributed by atoms with van der Waals surface area (Å²) < 4.78 is 10.3. The van der Waals surface area contributed by atoms with E-state index in [1.54, 1.807) is 6.07 Å². The van der Waals surface area contributed by atoms with E-state index < -0.39 is 6.09 Å². The Morgan fingerprint density at radius 2 is 2.00 bits per heavy atom. The van der Waals surface area contributed by atoms with Gasteiger partial charge < -0.3 is 9.47 Å². The Morgan fingerprint density at radius 1 is 1.24 bits per heavy atom. The smallest absolute Gasteiger partial charge is 0.411 e. The number of aryl methyl sites for hydroxylation is 1. The first kappa shape index (κ1) is 15.2. The van der Waals surface area contributed by atoms with Crippen LogP contribution in [0.1, 0.15) is 11.1 Å². The molecule has 2 aromatic rings. The van der Waals surface area contributed by atoms with E-state index >= 15 is 0 Å². The number of carbonyl (C=O) groups is 1. The van der Waals surface area contributed by atoms with E-state index in [1.165, 1.54) is 7.11 Å². The van der Waals surface area contributed by atoms with Gasteiger partial charge in [-0.2, -0.15) is 0 Å². The minimum absolute atomic E-state index is 0.295. The molecular formula is C16H16ClNO3. The Labute approximate surface area is 128 Å². The van der Waals surface area contributed by atoms with Crippen LogP contribution in [0.15, 0.2) is 42.5 Å². The first-order valence-electron chi connectivity index (χ1n) is 6.42. The Hall–Kier alpha value is -2.20. The predicted octanol–water partition coefficient (Wildman–Crippen LogP) is 4.41. The molecule has 0 aliphatic carbocycles. The number of hydrogen-bond donors (Lipinski definition) is 1. The van der Waals surface area contributed by atoms with Gasteiger partial charge in [-0.25, -0.2) is 4.79 Å². The van der Waals surface area contributed by atoms with Crippen molar-refractivity contribution in [2.24, 2.45) is 0 Å². The number of para-hydroxylation sites is 1. The number of halogens is 1. The van der Waals surface area contributed by atoms with Gasteiger partial charge >= 0.3 is 6.09 Å². The van der Waals surface area contributed by atoms with Crippen molar-refractivity contribution >= 4 is 23.4 Å². The fourth-order valence-corrected chi connectivity index (χ4v) is 2.10. The lowest BCUT2D eigenvalue weighted by Gasteiger charge is -2.12. The van der Waals surface area contributed by atoms with Crippen molar-refractivity contribution in [2.45, 2.75) is 13.5 Å². The molecular weight excluding hydrogens is 290 g/mol. The molecule has 1 N–H and O–H groups in total. The Morgan fingerprint density at radius 3 is 2.71 bits per heavy atom. The first-order valence-corrected chi connectivity index (χ1v) is 6.80. The van der Waals surface area contributed by atoms with Crippen LogP contribution in [0, 0.1) is 6.92 Å². The third-order valence-electron chi connectivity index (χ3n) is 2.91. The van der Waals surface area contributed by atoms with Gasteiger partial charge in [-0.15, -0.1) is 0 Å². The van der Waals surface area contributed by atoms with Crippen LogP contribution in [0.25, 0.3) is 0 Å². The quantitative estimate of drug-likeness (QED) is 0.910. The molecule has 21 heavy (non-hydrogen) atoms. The van der Waals surface area contributed by atoms with Crippen LogP contribution in [-0.4, -0.2) is 13.2 Å². The molecule has 1 amide bonds. The highest BCUT2D eigenvalue weighted by molar-refractivity contribution is 6.32. The van der Waals surface area contributed by atoms with Gasteiger partial charge in [0, 0.05) is 5.56 Å². The number of carbonyl (C=O) groups excluding carboxylic acids is 1. The summed E-state index contributed by atoms with van der Waals surface area (Å²) in [6.45, 7) is 2.26. The summed E-state index contributed by atoms with van der Waals surface area (Å²) in [7, 11) is 1.32. The van der Waals surface area contributed by atoms with Crippen molar-refractivity contribution in [3.63, 3.8) is 0 Å². The topological polar surface area (TPSA) is 47.6 Å². The zero-order chi connectivity index (χ0) is 15.2. The lowest BCUT2D eigenvalue weighted by molar-refractivity contribution is 0.187. The van der Waals surface area contributed by atoms with Crippen LogP contribution in [0.2, 0.25) is 5.02 Å². The number of anilines is 1. The van der Waals surface area contributed by atoms with Crippen molar-refractivity contribution in [1.29, 1.82) is 0 Å². The third kappa shape index (κ3) is 4.13. The SMILES string of the molecule is COC(=O)Nc1ccccc1COc1ccc(C)cc1Cl. The van der Waals surface area contributed by atoms with Crippen molar-refractivity contribution in [2.75, 3.05) is 12.4 Å². The average Bonchev–Trinajstić information content (AvgIpc) is 2.47. The summed E-state index contributed by atoms with van der Waals surface area (Å²) in [6.07, 6.45) is -0.518. The molecule has 4 nitrogen and oxygen atoms in total. The van der Waals surface area contributed by atoms with Crippen LogP contribution in [-0.2, 0) is 11.3 Å². The molecule has 0 radical (unpaired) electrons. The maximum atomic E-state index is 11.3. The molecule has 5 heteroatoms. The zero-order valence-electron chi connectivity index (χ0n) is 11.9. The summed E-state index contributed by atoms with van der Waals surface area (Å²) in [5.74, 6) is 0.607. The van der Waals surface area contributed by atoms with Gasteiger partial charge in [0.15, 0.2) is 0 Å². The number of amides is 1. The van der Waals surface area contributed by atoms with Gasteiger partial charge in [-0.3, -0.25) is 5.32 Å². The lowest BCUT2D eigenvalue weighted by atomic mass is 10.2. The van der Waals surface area contributed by atoms with Crippen molar-refractivity contribution < 1.29 is 14.3 Å². The summed E-state index contributed by atoms with van der Waals surface area (Å²) in [6, 6.07) is 13.0. The fraction of sp³-hybridized carbons (Fsp3) is 0.188. The second-order valence-electron chi connectivity index (χ2n) is 4.50. The molecule has 0 saturated heterocycles. The maximum absolute atomic E-state index is 11.3. The van der Waals surface area contributed by atoms with Crippen molar-refractivity contribution in [3.8, 4) is 5.75 Å². The molecule has 0 atom stereocenters. The highest BCUT2D eigenvalue weighted by atomic mass is 35.5. The Bertz CT molecular complexity index is 643. The number of hydrogen-bond acceptors (Lipinski definition) is 3. The number of rotatable bonds is 4. The molecule has 0 saturated carbocycles. The van der Waals surface area contributed by atoms with Crippen LogP contribution in [0.4, 0.5) is 10.5 Å². The number of benzene rings is 2. The van der Waals surface area contributed by atoms with E-state index in [0.717, 1.165) is 11.1 Å². The van der Waals surface area contributed by atoms with Crippen LogP contribution < -0.4 is 10.1 Å². The van der Waals surface area contributed by atoms with E-state index in [1.807, 2.05) is 43.3 Å². The van der Waals surface area contributed by atoms with Crippen LogP contribution >= 0.6 is 11.6 Å². The molecule has 0 unspecified atom stereocenters. The highest BCUT2D eigenvalue weighted by Crippen LogP contribution is 2.27. The molecule has 0 spiro atoms. The lowest BCUT2D eigenvalue weighted by Crippen LogP contribution is -2.13. The summed E-state index contributed by atoms with van der Waals surface area (Å²) in [4.78, 5) is 11.3. The van der Waals surface area contributed by atoms with Gasteiger partial charge in [0.05, 0.1) is 17.8 Å². The zero-order valence-corrected chi connectivity index (χ0v) is 12.6. The molecule has 2 rings (SSSR count). The van der Waals surface area contributed by atoms with E-state index in [-0.39, 0.29) is 0 Å². The second-order valence-corrected chi connectivity index (χ2v) is 4.90. The molecule has 0 aliphatic heterocycles. The number of ether oxygens (including phenoxy) is 2. The minimum Gasteiger partial charge on any atom is -0.487 e. The second kappa shape index (κ2) is 6.99. The molecule has 2 aromatic carbocycles. The summed E-state index contributed by atoms with van der Waals surface area (Å²) in [5, 5.41) is 3.21. The molecule has 110 valence electrons. The van der Waals surface area contributed by atoms with Crippen LogP contribution in [0.5, 0.6) is 5.75 Å². The third-order valence-corrected chi connectivity index (χ3v) is 3.21. The minimum atomic E-state index is -0.518. The van der Waals surface area contributed by atoms with E-state index in [4.69, 9.17) is 16.3 Å². The van der Waals surface area contributed by atoms with E-state index in [9.17, 15) is 4.79 Å².